The Bertz CT molecular complexity index is 794. The number of hydrogen-bond acceptors (Lipinski definition) is 5. The summed E-state index contributed by atoms with van der Waals surface area (Å²) in [4.78, 5) is 22.7. The molecular formula is C17H18F3N5O2. The maximum Gasteiger partial charge on any atom is 0.573 e. The second-order valence-electron chi connectivity index (χ2n) is 5.89. The van der Waals surface area contributed by atoms with Crippen LogP contribution in [-0.2, 0) is 6.54 Å². The van der Waals surface area contributed by atoms with Crippen molar-refractivity contribution in [3.63, 3.8) is 0 Å². The minimum atomic E-state index is -4.85. The number of para-hydroxylation sites is 2. The molecule has 1 aromatic carbocycles. The predicted octanol–water partition coefficient (Wildman–Crippen LogP) is 3.30. The second kappa shape index (κ2) is 8.11. The summed E-state index contributed by atoms with van der Waals surface area (Å²) in [6.07, 6.45) is -1.05. The van der Waals surface area contributed by atoms with Gasteiger partial charge in [-0.1, -0.05) is 12.1 Å². The SMILES string of the molecule is O=C(NCc1ccnc(N2CCCC2)n1)Nc1ccccc1OC(F)(F)F. The zero-order valence-electron chi connectivity index (χ0n) is 14.3. The fourth-order valence-corrected chi connectivity index (χ4v) is 2.67. The molecule has 0 radical (unpaired) electrons. The monoisotopic (exact) mass is 381 g/mol. The molecule has 0 aliphatic carbocycles. The van der Waals surface area contributed by atoms with Gasteiger partial charge in [0.25, 0.3) is 0 Å². The number of urea groups is 1. The lowest BCUT2D eigenvalue weighted by Gasteiger charge is -2.16. The second-order valence-corrected chi connectivity index (χ2v) is 5.89. The van der Waals surface area contributed by atoms with Crippen LogP contribution in [0.2, 0.25) is 0 Å². The molecule has 0 atom stereocenters. The number of rotatable bonds is 5. The van der Waals surface area contributed by atoms with Gasteiger partial charge < -0.3 is 20.3 Å². The lowest BCUT2D eigenvalue weighted by atomic mass is 10.3. The molecule has 7 nitrogen and oxygen atoms in total. The van der Waals surface area contributed by atoms with Crippen molar-refractivity contribution >= 4 is 17.7 Å². The summed E-state index contributed by atoms with van der Waals surface area (Å²) in [7, 11) is 0. The Kier molecular flexibility index (Phi) is 5.63. The van der Waals surface area contributed by atoms with Gasteiger partial charge in [0, 0.05) is 19.3 Å². The molecule has 1 aromatic heterocycles. The van der Waals surface area contributed by atoms with Crippen molar-refractivity contribution in [3.05, 3.63) is 42.2 Å². The standard InChI is InChI=1S/C17H18F3N5O2/c18-17(19,20)27-14-6-2-1-5-13(14)24-16(26)22-11-12-7-8-21-15(23-12)25-9-3-4-10-25/h1-2,5-8H,3-4,9-11H2,(H2,22,24,26). The van der Waals surface area contributed by atoms with Crippen LogP contribution in [0.4, 0.5) is 29.6 Å². The minimum absolute atomic E-state index is 0.0900. The predicted molar refractivity (Wildman–Crippen MR) is 92.5 cm³/mol. The molecule has 10 heteroatoms. The zero-order chi connectivity index (χ0) is 19.3. The number of ether oxygens (including phenoxy) is 1. The lowest BCUT2D eigenvalue weighted by Crippen LogP contribution is -2.29. The van der Waals surface area contributed by atoms with Crippen molar-refractivity contribution in [2.75, 3.05) is 23.3 Å². The van der Waals surface area contributed by atoms with Gasteiger partial charge in [-0.3, -0.25) is 0 Å². The first kappa shape index (κ1) is 18.7. The lowest BCUT2D eigenvalue weighted by molar-refractivity contribution is -0.274. The molecule has 1 aliphatic rings. The molecule has 2 amide bonds. The highest BCUT2D eigenvalue weighted by Gasteiger charge is 2.32. The van der Waals surface area contributed by atoms with Crippen molar-refractivity contribution in [1.82, 2.24) is 15.3 Å². The van der Waals surface area contributed by atoms with Crippen molar-refractivity contribution in [1.29, 1.82) is 0 Å². The molecule has 1 saturated heterocycles. The van der Waals surface area contributed by atoms with Crippen LogP contribution in [0, 0.1) is 0 Å². The number of halogens is 3. The topological polar surface area (TPSA) is 79.4 Å². The van der Waals surface area contributed by atoms with Crippen LogP contribution in [0.3, 0.4) is 0 Å². The third kappa shape index (κ3) is 5.47. The highest BCUT2D eigenvalue weighted by Crippen LogP contribution is 2.29. The first-order chi connectivity index (χ1) is 12.9. The third-order valence-electron chi connectivity index (χ3n) is 3.88. The molecule has 2 heterocycles. The van der Waals surface area contributed by atoms with E-state index in [0.29, 0.717) is 11.6 Å². The zero-order valence-corrected chi connectivity index (χ0v) is 14.3. The van der Waals surface area contributed by atoms with E-state index in [1.54, 1.807) is 12.3 Å². The number of alkyl halides is 3. The van der Waals surface area contributed by atoms with Gasteiger partial charge in [0.2, 0.25) is 5.95 Å². The van der Waals surface area contributed by atoms with Crippen molar-refractivity contribution < 1.29 is 22.7 Å². The molecule has 27 heavy (non-hydrogen) atoms. The fraction of sp³-hybridized carbons (Fsp3) is 0.353. The van der Waals surface area contributed by atoms with Gasteiger partial charge in [0.1, 0.15) is 0 Å². The Balaban J connectivity index is 1.58. The molecule has 0 unspecified atom stereocenters. The van der Waals surface area contributed by atoms with E-state index in [1.807, 2.05) is 0 Å². The summed E-state index contributed by atoms with van der Waals surface area (Å²) in [5.74, 6) is 0.120. The maximum atomic E-state index is 12.4. The van der Waals surface area contributed by atoms with Gasteiger partial charge in [-0.15, -0.1) is 13.2 Å². The van der Waals surface area contributed by atoms with Gasteiger partial charge >= 0.3 is 12.4 Å². The first-order valence-corrected chi connectivity index (χ1v) is 8.37. The largest absolute Gasteiger partial charge is 0.573 e. The van der Waals surface area contributed by atoms with Gasteiger partial charge in [-0.05, 0) is 31.0 Å². The van der Waals surface area contributed by atoms with Crippen molar-refractivity contribution in [3.8, 4) is 5.75 Å². The summed E-state index contributed by atoms with van der Waals surface area (Å²) >= 11 is 0. The van der Waals surface area contributed by atoms with E-state index in [2.05, 4.69) is 30.2 Å². The fourth-order valence-electron chi connectivity index (χ4n) is 2.67. The van der Waals surface area contributed by atoms with Crippen LogP contribution in [0.5, 0.6) is 5.75 Å². The molecule has 2 aromatic rings. The van der Waals surface area contributed by atoms with E-state index in [1.165, 1.54) is 18.2 Å². The smallest absolute Gasteiger partial charge is 0.404 e. The Morgan fingerprint density at radius 2 is 1.93 bits per heavy atom. The molecule has 0 bridgehead atoms. The van der Waals surface area contributed by atoms with E-state index >= 15 is 0 Å². The van der Waals surface area contributed by atoms with E-state index in [0.717, 1.165) is 32.0 Å². The first-order valence-electron chi connectivity index (χ1n) is 8.37. The van der Waals surface area contributed by atoms with Crippen LogP contribution in [-0.4, -0.2) is 35.5 Å². The number of carbonyl (C=O) groups excluding carboxylic acids is 1. The summed E-state index contributed by atoms with van der Waals surface area (Å²) in [5.41, 5.74) is 0.509. The molecule has 0 spiro atoms. The van der Waals surface area contributed by atoms with Crippen molar-refractivity contribution in [2.45, 2.75) is 25.7 Å². The van der Waals surface area contributed by atoms with Crippen molar-refractivity contribution in [2.24, 2.45) is 0 Å². The molecule has 1 aliphatic heterocycles. The number of hydrogen-bond donors (Lipinski definition) is 2. The maximum absolute atomic E-state index is 12.4. The van der Waals surface area contributed by atoms with Crippen LogP contribution < -0.4 is 20.3 Å². The van der Waals surface area contributed by atoms with Gasteiger partial charge in [-0.2, -0.15) is 0 Å². The number of nitrogens with zero attached hydrogens (tertiary/aromatic N) is 3. The van der Waals surface area contributed by atoms with E-state index in [9.17, 15) is 18.0 Å². The highest BCUT2D eigenvalue weighted by molar-refractivity contribution is 5.90. The number of aromatic nitrogens is 2. The Hall–Kier alpha value is -3.04. The van der Waals surface area contributed by atoms with Crippen LogP contribution in [0.15, 0.2) is 36.5 Å². The van der Waals surface area contributed by atoms with Crippen LogP contribution in [0.25, 0.3) is 0 Å². The summed E-state index contributed by atoms with van der Waals surface area (Å²) in [6, 6.07) is 6.30. The molecule has 0 saturated carbocycles. The Labute approximate surface area is 153 Å². The Morgan fingerprint density at radius 1 is 1.19 bits per heavy atom. The molecule has 144 valence electrons. The van der Waals surface area contributed by atoms with Crippen LogP contribution in [0.1, 0.15) is 18.5 Å². The molecule has 1 fully saturated rings. The number of benzene rings is 1. The van der Waals surface area contributed by atoms with E-state index in [4.69, 9.17) is 0 Å². The Morgan fingerprint density at radius 3 is 2.67 bits per heavy atom. The molecule has 2 N–H and O–H groups in total. The summed E-state index contributed by atoms with van der Waals surface area (Å²) in [5, 5.41) is 4.90. The molecular weight excluding hydrogens is 363 g/mol. The van der Waals surface area contributed by atoms with E-state index < -0.39 is 18.1 Å². The molecule has 3 rings (SSSR count). The van der Waals surface area contributed by atoms with Gasteiger partial charge in [0.05, 0.1) is 17.9 Å². The average Bonchev–Trinajstić information content (AvgIpc) is 3.15. The summed E-state index contributed by atoms with van der Waals surface area (Å²) < 4.78 is 41.2. The normalized spacial score (nSPS) is 14.1. The summed E-state index contributed by atoms with van der Waals surface area (Å²) in [6.45, 7) is 1.90. The number of anilines is 2. The average molecular weight is 381 g/mol. The number of carbonyl (C=O) groups is 1. The third-order valence-corrected chi connectivity index (χ3v) is 3.88. The van der Waals surface area contributed by atoms with Gasteiger partial charge in [0.15, 0.2) is 5.75 Å². The van der Waals surface area contributed by atoms with E-state index in [-0.39, 0.29) is 12.2 Å². The van der Waals surface area contributed by atoms with Crippen LogP contribution >= 0.6 is 0 Å². The number of nitrogens with one attached hydrogen (secondary N) is 2. The quantitative estimate of drug-likeness (QED) is 0.831. The minimum Gasteiger partial charge on any atom is -0.404 e. The van der Waals surface area contributed by atoms with Gasteiger partial charge in [-0.25, -0.2) is 14.8 Å². The highest BCUT2D eigenvalue weighted by atomic mass is 19.4. The number of amides is 2.